The van der Waals surface area contributed by atoms with Gasteiger partial charge < -0.3 is 20.3 Å². The van der Waals surface area contributed by atoms with Crippen LogP contribution < -0.4 is 5.32 Å². The van der Waals surface area contributed by atoms with Crippen LogP contribution in [0.25, 0.3) is 0 Å². The van der Waals surface area contributed by atoms with Crippen LogP contribution >= 0.6 is 0 Å². The molecule has 0 aliphatic rings. The van der Waals surface area contributed by atoms with E-state index >= 15 is 0 Å². The van der Waals surface area contributed by atoms with E-state index in [9.17, 15) is 19.8 Å². The molecule has 3 N–H and O–H groups in total. The zero-order valence-corrected chi connectivity index (χ0v) is 40.2. The molecule has 0 aromatic rings. The second-order valence-electron chi connectivity index (χ2n) is 18.2. The van der Waals surface area contributed by atoms with E-state index < -0.39 is 12.1 Å². The fraction of sp³-hybridized carbons (Fsp3) is 0.889. The molecule has 0 aromatic carbocycles. The summed E-state index contributed by atoms with van der Waals surface area (Å²) in [6.07, 6.45) is 59.0. The largest absolute Gasteiger partial charge is 0.466 e. The summed E-state index contributed by atoms with van der Waals surface area (Å²) in [7, 11) is 0. The van der Waals surface area contributed by atoms with Crippen molar-refractivity contribution in [2.45, 2.75) is 296 Å². The van der Waals surface area contributed by atoms with Crippen molar-refractivity contribution < 1.29 is 24.5 Å². The third-order valence-electron chi connectivity index (χ3n) is 12.2. The van der Waals surface area contributed by atoms with Crippen molar-refractivity contribution in [1.29, 1.82) is 0 Å². The third kappa shape index (κ3) is 45.9. The number of allylic oxidation sites excluding steroid dienone is 3. The van der Waals surface area contributed by atoms with Gasteiger partial charge in [0.25, 0.3) is 0 Å². The smallest absolute Gasteiger partial charge is 0.305 e. The Labute approximate surface area is 373 Å². The molecule has 0 bridgehead atoms. The highest BCUT2D eigenvalue weighted by molar-refractivity contribution is 5.76. The number of carbonyl (C=O) groups excluding carboxylic acids is 2. The second-order valence-corrected chi connectivity index (χ2v) is 18.2. The molecule has 0 aromatic heterocycles. The average Bonchev–Trinajstić information content (AvgIpc) is 3.25. The lowest BCUT2D eigenvalue weighted by molar-refractivity contribution is -0.143. The van der Waals surface area contributed by atoms with Gasteiger partial charge in [0.1, 0.15) is 0 Å². The molecule has 0 spiro atoms. The van der Waals surface area contributed by atoms with E-state index in [4.69, 9.17) is 4.74 Å². The van der Waals surface area contributed by atoms with Crippen molar-refractivity contribution in [1.82, 2.24) is 5.32 Å². The number of hydrogen-bond donors (Lipinski definition) is 3. The number of ether oxygens (including phenoxy) is 1. The summed E-state index contributed by atoms with van der Waals surface area (Å²) in [5.74, 6) is -0.0815. The first-order chi connectivity index (χ1) is 29.5. The number of hydrogen-bond acceptors (Lipinski definition) is 5. The molecule has 60 heavy (non-hydrogen) atoms. The summed E-state index contributed by atoms with van der Waals surface area (Å²) in [6, 6.07) is -0.635. The van der Waals surface area contributed by atoms with E-state index in [0.717, 1.165) is 57.8 Å². The molecule has 2 unspecified atom stereocenters. The Kier molecular flexibility index (Phi) is 48.6. The molecule has 354 valence electrons. The quantitative estimate of drug-likeness (QED) is 0.0322. The van der Waals surface area contributed by atoms with Crippen LogP contribution in [0.4, 0.5) is 0 Å². The molecule has 0 rings (SSSR count). The van der Waals surface area contributed by atoms with Gasteiger partial charge in [-0.3, -0.25) is 9.59 Å². The summed E-state index contributed by atoms with van der Waals surface area (Å²) >= 11 is 0. The van der Waals surface area contributed by atoms with Crippen LogP contribution in [0.15, 0.2) is 24.3 Å². The molecule has 6 nitrogen and oxygen atoms in total. The number of esters is 1. The van der Waals surface area contributed by atoms with Gasteiger partial charge in [-0.05, 0) is 57.8 Å². The highest BCUT2D eigenvalue weighted by Crippen LogP contribution is 2.16. The van der Waals surface area contributed by atoms with Crippen LogP contribution in [0.1, 0.15) is 284 Å². The van der Waals surface area contributed by atoms with E-state index in [-0.39, 0.29) is 18.5 Å². The number of nitrogens with one attached hydrogen (secondary N) is 1. The maximum atomic E-state index is 12.4. The van der Waals surface area contributed by atoms with Crippen molar-refractivity contribution in [2.75, 3.05) is 13.2 Å². The van der Waals surface area contributed by atoms with Gasteiger partial charge in [0.15, 0.2) is 0 Å². The van der Waals surface area contributed by atoms with E-state index in [1.165, 1.54) is 199 Å². The first-order valence-corrected chi connectivity index (χ1v) is 26.6. The van der Waals surface area contributed by atoms with Crippen molar-refractivity contribution in [2.24, 2.45) is 0 Å². The molecule has 0 saturated carbocycles. The minimum Gasteiger partial charge on any atom is -0.466 e. The fourth-order valence-electron chi connectivity index (χ4n) is 8.10. The zero-order valence-electron chi connectivity index (χ0n) is 40.2. The highest BCUT2D eigenvalue weighted by atomic mass is 16.5. The SMILES string of the molecule is CCCCCCCCCCC/C=C/C(O)C(CO)NC(=O)CCCCCCCCC/C=C\CCCCCCCCOC(=O)CCCCCCCCCCCCCCCCC. The Bertz CT molecular complexity index is 935. The monoisotopic (exact) mass is 846 g/mol. The standard InChI is InChI=1S/C54H103NO5/c1-3-5-7-9-11-13-15-16-20-24-28-32-36-40-44-48-54(59)60-49-45-41-37-33-29-25-22-19-17-18-21-23-27-31-35-39-43-47-53(58)55-51(50-56)52(57)46-42-38-34-30-26-14-12-10-8-6-4-2/h17,19,42,46,51-52,56-57H,3-16,18,20-41,43-45,47-50H2,1-2H3,(H,55,58)/b19-17-,46-42+. The van der Waals surface area contributed by atoms with Crippen molar-refractivity contribution in [3.8, 4) is 0 Å². The Hall–Kier alpha value is -1.66. The number of carbonyl (C=O) groups is 2. The normalized spacial score (nSPS) is 12.8. The first kappa shape index (κ1) is 58.3. The summed E-state index contributed by atoms with van der Waals surface area (Å²) in [4.78, 5) is 24.4. The Morgan fingerprint density at radius 1 is 0.450 bits per heavy atom. The molecule has 0 saturated heterocycles. The van der Waals surface area contributed by atoms with Gasteiger partial charge in [-0.1, -0.05) is 237 Å². The number of aliphatic hydroxyl groups is 2. The molecule has 0 aliphatic heterocycles. The van der Waals surface area contributed by atoms with Gasteiger partial charge in [0, 0.05) is 12.8 Å². The predicted molar refractivity (Wildman–Crippen MR) is 260 cm³/mol. The molecule has 1 amide bonds. The average molecular weight is 846 g/mol. The Morgan fingerprint density at radius 2 is 0.783 bits per heavy atom. The molecule has 0 heterocycles. The van der Waals surface area contributed by atoms with Crippen LogP contribution in [0.5, 0.6) is 0 Å². The number of amides is 1. The third-order valence-corrected chi connectivity index (χ3v) is 12.2. The summed E-state index contributed by atoms with van der Waals surface area (Å²) in [6.45, 7) is 4.87. The predicted octanol–water partition coefficient (Wildman–Crippen LogP) is 15.9. The van der Waals surface area contributed by atoms with Crippen LogP contribution in [0.3, 0.4) is 0 Å². The van der Waals surface area contributed by atoms with Gasteiger partial charge in [-0.2, -0.15) is 0 Å². The molecular weight excluding hydrogens is 743 g/mol. The van der Waals surface area contributed by atoms with Crippen LogP contribution in [0.2, 0.25) is 0 Å². The van der Waals surface area contributed by atoms with Crippen LogP contribution in [-0.2, 0) is 14.3 Å². The topological polar surface area (TPSA) is 95.9 Å². The van der Waals surface area contributed by atoms with Gasteiger partial charge >= 0.3 is 5.97 Å². The summed E-state index contributed by atoms with van der Waals surface area (Å²) < 4.78 is 5.47. The maximum Gasteiger partial charge on any atom is 0.305 e. The van der Waals surface area contributed by atoms with E-state index in [0.29, 0.717) is 19.4 Å². The second kappa shape index (κ2) is 50.0. The van der Waals surface area contributed by atoms with Gasteiger partial charge in [-0.15, -0.1) is 0 Å². The first-order valence-electron chi connectivity index (χ1n) is 26.6. The Morgan fingerprint density at radius 3 is 1.18 bits per heavy atom. The summed E-state index contributed by atoms with van der Waals surface area (Å²) in [5, 5.41) is 23.0. The number of aliphatic hydroxyl groups excluding tert-OH is 2. The van der Waals surface area contributed by atoms with Crippen molar-refractivity contribution in [3.63, 3.8) is 0 Å². The molecule has 0 radical (unpaired) electrons. The van der Waals surface area contributed by atoms with E-state index in [1.807, 2.05) is 6.08 Å². The number of unbranched alkanes of at least 4 members (excludes halogenated alkanes) is 36. The fourth-order valence-corrected chi connectivity index (χ4v) is 8.10. The van der Waals surface area contributed by atoms with Gasteiger partial charge in [0.05, 0.1) is 25.4 Å². The highest BCUT2D eigenvalue weighted by Gasteiger charge is 2.18. The molecule has 6 heteroatoms. The molecule has 0 fully saturated rings. The molecular formula is C54H103NO5. The number of rotatable bonds is 49. The minimum atomic E-state index is -0.850. The van der Waals surface area contributed by atoms with Crippen LogP contribution in [-0.4, -0.2) is 47.4 Å². The molecule has 0 aliphatic carbocycles. The van der Waals surface area contributed by atoms with E-state index in [2.05, 4.69) is 31.3 Å². The lowest BCUT2D eigenvalue weighted by Crippen LogP contribution is -2.45. The summed E-state index contributed by atoms with van der Waals surface area (Å²) in [5.41, 5.74) is 0. The van der Waals surface area contributed by atoms with Gasteiger partial charge in [0.2, 0.25) is 5.91 Å². The minimum absolute atomic E-state index is 0.000258. The zero-order chi connectivity index (χ0) is 43.7. The molecule has 2 atom stereocenters. The Balaban J connectivity index is 3.45. The van der Waals surface area contributed by atoms with Crippen molar-refractivity contribution in [3.05, 3.63) is 24.3 Å². The lowest BCUT2D eigenvalue weighted by atomic mass is 10.0. The van der Waals surface area contributed by atoms with Gasteiger partial charge in [-0.25, -0.2) is 0 Å². The maximum absolute atomic E-state index is 12.4. The van der Waals surface area contributed by atoms with Crippen LogP contribution in [0, 0.1) is 0 Å². The van der Waals surface area contributed by atoms with Crippen molar-refractivity contribution >= 4 is 11.9 Å². The van der Waals surface area contributed by atoms with E-state index in [1.54, 1.807) is 6.08 Å². The lowest BCUT2D eigenvalue weighted by Gasteiger charge is -2.20.